The molecule has 1 fully saturated rings. The van der Waals surface area contributed by atoms with E-state index < -0.39 is 29.2 Å². The summed E-state index contributed by atoms with van der Waals surface area (Å²) in [4.78, 5) is 25.2. The lowest BCUT2D eigenvalue weighted by molar-refractivity contribution is -0.110. The van der Waals surface area contributed by atoms with Gasteiger partial charge in [0.15, 0.2) is 17.2 Å². The summed E-state index contributed by atoms with van der Waals surface area (Å²) in [6.07, 6.45) is 2.44. The predicted octanol–water partition coefficient (Wildman–Crippen LogP) is 3.02. The standard InChI is InChI=1S/C20H24F2N4O3/c1-20(2,3)29-19(28)25(12-4-5-12)6-7-26-18-16(22)14-9-11(10-27)8-13(14)15(21)17(18)23-24-26/h10-12H,4-9H2,1-3H3. The molecule has 9 heteroatoms. The number of carbonyl (C=O) groups excluding carboxylic acids is 2. The first-order valence-electron chi connectivity index (χ1n) is 9.86. The third kappa shape index (κ3) is 3.70. The highest BCUT2D eigenvalue weighted by Crippen LogP contribution is 2.35. The molecule has 156 valence electrons. The summed E-state index contributed by atoms with van der Waals surface area (Å²) in [7, 11) is 0. The van der Waals surface area contributed by atoms with Gasteiger partial charge in [-0.05, 0) is 57.6 Å². The van der Waals surface area contributed by atoms with Crippen LogP contribution < -0.4 is 0 Å². The number of aromatic nitrogens is 3. The van der Waals surface area contributed by atoms with Crippen LogP contribution in [0.4, 0.5) is 13.6 Å². The van der Waals surface area contributed by atoms with Crippen molar-refractivity contribution in [2.75, 3.05) is 6.54 Å². The van der Waals surface area contributed by atoms with Crippen LogP contribution in [0, 0.1) is 17.6 Å². The van der Waals surface area contributed by atoms with Gasteiger partial charge in [-0.15, -0.1) is 5.10 Å². The molecule has 1 aromatic carbocycles. The Hall–Kier alpha value is -2.58. The lowest BCUT2D eigenvalue weighted by atomic mass is 10.1. The Morgan fingerprint density at radius 1 is 1.24 bits per heavy atom. The van der Waals surface area contributed by atoms with Crippen molar-refractivity contribution in [3.8, 4) is 0 Å². The number of nitrogens with zero attached hydrogens (tertiary/aromatic N) is 4. The molecule has 7 nitrogen and oxygen atoms in total. The van der Waals surface area contributed by atoms with E-state index in [-0.39, 0.29) is 54.1 Å². The van der Waals surface area contributed by atoms with Gasteiger partial charge < -0.3 is 14.4 Å². The van der Waals surface area contributed by atoms with E-state index in [0.717, 1.165) is 19.1 Å². The lowest BCUT2D eigenvalue weighted by Gasteiger charge is -2.27. The normalized spacial score (nSPS) is 18.7. The number of rotatable bonds is 5. The molecule has 1 atom stereocenters. The number of fused-ring (bicyclic) bond motifs is 2. The number of hydrogen-bond donors (Lipinski definition) is 0. The van der Waals surface area contributed by atoms with Crippen LogP contribution in [-0.2, 0) is 28.9 Å². The van der Waals surface area contributed by atoms with Crippen LogP contribution in [-0.4, -0.2) is 50.5 Å². The maximum atomic E-state index is 15.1. The minimum absolute atomic E-state index is 0.0206. The quantitative estimate of drug-likeness (QED) is 0.714. The van der Waals surface area contributed by atoms with Crippen molar-refractivity contribution in [2.45, 2.75) is 64.6 Å². The molecule has 4 rings (SSSR count). The highest BCUT2D eigenvalue weighted by molar-refractivity contribution is 5.79. The average Bonchev–Trinajstić information content (AvgIpc) is 3.22. The lowest BCUT2D eigenvalue weighted by Crippen LogP contribution is -2.40. The summed E-state index contributed by atoms with van der Waals surface area (Å²) in [5, 5.41) is 7.75. The molecule has 0 aliphatic heterocycles. The monoisotopic (exact) mass is 406 g/mol. The Bertz CT molecular complexity index is 978. The van der Waals surface area contributed by atoms with Crippen molar-refractivity contribution in [2.24, 2.45) is 5.92 Å². The first-order chi connectivity index (χ1) is 13.7. The van der Waals surface area contributed by atoms with E-state index in [1.165, 1.54) is 4.68 Å². The summed E-state index contributed by atoms with van der Waals surface area (Å²) in [5.41, 5.74) is -0.333. The summed E-state index contributed by atoms with van der Waals surface area (Å²) in [6.45, 7) is 5.82. The van der Waals surface area contributed by atoms with Gasteiger partial charge in [0.1, 0.15) is 17.4 Å². The van der Waals surface area contributed by atoms with Gasteiger partial charge in [-0.1, -0.05) is 5.21 Å². The number of carbonyl (C=O) groups is 2. The van der Waals surface area contributed by atoms with Crippen LogP contribution in [0.15, 0.2) is 0 Å². The van der Waals surface area contributed by atoms with Crippen molar-refractivity contribution < 1.29 is 23.1 Å². The molecule has 1 unspecified atom stereocenters. The zero-order valence-corrected chi connectivity index (χ0v) is 16.7. The maximum absolute atomic E-state index is 15.1. The molecule has 29 heavy (non-hydrogen) atoms. The van der Waals surface area contributed by atoms with E-state index in [4.69, 9.17) is 4.74 Å². The Labute approximate surface area is 167 Å². The highest BCUT2D eigenvalue weighted by atomic mass is 19.1. The predicted molar refractivity (Wildman–Crippen MR) is 100 cm³/mol. The second-order valence-corrected chi connectivity index (χ2v) is 8.80. The van der Waals surface area contributed by atoms with E-state index in [9.17, 15) is 14.0 Å². The molecule has 1 amide bonds. The first-order valence-corrected chi connectivity index (χ1v) is 9.86. The van der Waals surface area contributed by atoms with Crippen molar-refractivity contribution in [1.29, 1.82) is 0 Å². The van der Waals surface area contributed by atoms with Gasteiger partial charge >= 0.3 is 6.09 Å². The molecule has 0 N–H and O–H groups in total. The molecular weight excluding hydrogens is 382 g/mol. The maximum Gasteiger partial charge on any atom is 0.410 e. The molecule has 2 aliphatic carbocycles. The van der Waals surface area contributed by atoms with Gasteiger partial charge in [0, 0.05) is 18.5 Å². The zero-order valence-electron chi connectivity index (χ0n) is 16.7. The van der Waals surface area contributed by atoms with E-state index in [1.807, 2.05) is 0 Å². The summed E-state index contributed by atoms with van der Waals surface area (Å²) < 4.78 is 36.7. The van der Waals surface area contributed by atoms with E-state index in [0.29, 0.717) is 0 Å². The Kier molecular flexibility index (Phi) is 4.78. The van der Waals surface area contributed by atoms with Gasteiger partial charge in [0.05, 0.1) is 6.54 Å². The zero-order chi connectivity index (χ0) is 20.9. The molecule has 0 spiro atoms. The molecular formula is C20H24F2N4O3. The Morgan fingerprint density at radius 3 is 2.48 bits per heavy atom. The summed E-state index contributed by atoms with van der Waals surface area (Å²) in [6, 6.07) is 0.0961. The van der Waals surface area contributed by atoms with Crippen LogP contribution >= 0.6 is 0 Å². The number of ether oxygens (including phenoxy) is 1. The van der Waals surface area contributed by atoms with Gasteiger partial charge in [-0.2, -0.15) is 0 Å². The SMILES string of the molecule is CC(C)(C)OC(=O)N(CCn1nnc2c(F)c3c(c(F)c21)CC(C=O)C3)C1CC1. The Morgan fingerprint density at radius 2 is 1.90 bits per heavy atom. The largest absolute Gasteiger partial charge is 0.444 e. The summed E-state index contributed by atoms with van der Waals surface area (Å²) >= 11 is 0. The van der Waals surface area contributed by atoms with Crippen molar-refractivity contribution in [3.63, 3.8) is 0 Å². The minimum Gasteiger partial charge on any atom is -0.444 e. The van der Waals surface area contributed by atoms with Crippen LogP contribution in [0.3, 0.4) is 0 Å². The molecule has 0 radical (unpaired) electrons. The third-order valence-corrected chi connectivity index (χ3v) is 5.34. The first kappa shape index (κ1) is 19.7. The molecule has 2 aliphatic rings. The average molecular weight is 406 g/mol. The van der Waals surface area contributed by atoms with Crippen molar-refractivity contribution >= 4 is 23.4 Å². The van der Waals surface area contributed by atoms with Crippen molar-refractivity contribution in [1.82, 2.24) is 19.9 Å². The molecule has 0 bridgehead atoms. The second kappa shape index (κ2) is 7.03. The fourth-order valence-corrected chi connectivity index (χ4v) is 3.84. The topological polar surface area (TPSA) is 77.3 Å². The van der Waals surface area contributed by atoms with Gasteiger partial charge in [0.25, 0.3) is 0 Å². The number of aldehydes is 1. The molecule has 1 heterocycles. The minimum atomic E-state index is -0.616. The number of amides is 1. The van der Waals surface area contributed by atoms with E-state index in [1.54, 1.807) is 25.7 Å². The number of benzene rings is 1. The summed E-state index contributed by atoms with van der Waals surface area (Å²) in [5.74, 6) is -1.61. The van der Waals surface area contributed by atoms with Crippen LogP contribution in [0.1, 0.15) is 44.7 Å². The molecule has 0 saturated heterocycles. The number of halogens is 2. The van der Waals surface area contributed by atoms with E-state index >= 15 is 4.39 Å². The molecule has 1 saturated carbocycles. The fourth-order valence-electron chi connectivity index (χ4n) is 3.84. The van der Waals surface area contributed by atoms with Gasteiger partial charge in [0.2, 0.25) is 0 Å². The third-order valence-electron chi connectivity index (χ3n) is 5.34. The van der Waals surface area contributed by atoms with Crippen LogP contribution in [0.25, 0.3) is 11.0 Å². The van der Waals surface area contributed by atoms with Crippen molar-refractivity contribution in [3.05, 3.63) is 22.8 Å². The number of hydrogen-bond acceptors (Lipinski definition) is 5. The van der Waals surface area contributed by atoms with Gasteiger partial charge in [-0.25, -0.2) is 18.3 Å². The highest BCUT2D eigenvalue weighted by Gasteiger charge is 2.36. The Balaban J connectivity index is 1.60. The molecule has 1 aromatic heterocycles. The van der Waals surface area contributed by atoms with Crippen LogP contribution in [0.2, 0.25) is 0 Å². The second-order valence-electron chi connectivity index (χ2n) is 8.80. The smallest absolute Gasteiger partial charge is 0.410 e. The fraction of sp³-hybridized carbons (Fsp3) is 0.600. The van der Waals surface area contributed by atoms with E-state index in [2.05, 4.69) is 10.3 Å². The van der Waals surface area contributed by atoms with Gasteiger partial charge in [-0.3, -0.25) is 0 Å². The molecule has 2 aromatic rings. The van der Waals surface area contributed by atoms with Crippen LogP contribution in [0.5, 0.6) is 0 Å².